The molecule has 2 aromatic carbocycles. The van der Waals surface area contributed by atoms with Gasteiger partial charge < -0.3 is 34.9 Å². The van der Waals surface area contributed by atoms with Crippen LogP contribution in [-0.2, 0) is 11.3 Å². The van der Waals surface area contributed by atoms with Gasteiger partial charge in [0.15, 0.2) is 12.2 Å². The molecular formula is C25H30N4O6. The van der Waals surface area contributed by atoms with Crippen LogP contribution in [0.5, 0.6) is 5.75 Å². The number of carbonyl (C=O) groups is 2. The number of alkyl carbamates (subject to hydrolysis) is 1. The number of ether oxygens (including phenoxy) is 2. The molecule has 0 fully saturated rings. The largest absolute Gasteiger partial charge is 0.496 e. The monoisotopic (exact) mass is 482 g/mol. The molecule has 10 nitrogen and oxygen atoms in total. The highest BCUT2D eigenvalue weighted by atomic mass is 16.6. The zero-order valence-corrected chi connectivity index (χ0v) is 19.7. The fourth-order valence-corrected chi connectivity index (χ4v) is 3.41. The third kappa shape index (κ3) is 7.75. The van der Waals surface area contributed by atoms with E-state index >= 15 is 0 Å². The minimum Gasteiger partial charge on any atom is -0.496 e. The highest BCUT2D eigenvalue weighted by Crippen LogP contribution is 2.32. The number of hydrogen-bond acceptors (Lipinski definition) is 7. The number of urea groups is 1. The summed E-state index contributed by atoms with van der Waals surface area (Å²) in [6.45, 7) is 2.24. The number of amides is 3. The third-order valence-electron chi connectivity index (χ3n) is 5.19. The number of benzene rings is 2. The Hall–Kier alpha value is -4.05. The highest BCUT2D eigenvalue weighted by molar-refractivity contribution is 6.00. The normalized spacial score (nSPS) is 11.4. The van der Waals surface area contributed by atoms with Gasteiger partial charge in [-0.25, -0.2) is 14.6 Å². The second-order valence-corrected chi connectivity index (χ2v) is 7.72. The van der Waals surface area contributed by atoms with Crippen LogP contribution in [0.15, 0.2) is 59.5 Å². The Morgan fingerprint density at radius 2 is 1.94 bits per heavy atom. The highest BCUT2D eigenvalue weighted by Gasteiger charge is 2.13. The summed E-state index contributed by atoms with van der Waals surface area (Å²) < 4.78 is 16.1. The van der Waals surface area contributed by atoms with Crippen molar-refractivity contribution in [1.29, 1.82) is 0 Å². The number of rotatable bonds is 11. The van der Waals surface area contributed by atoms with Gasteiger partial charge in [-0.3, -0.25) is 0 Å². The van der Waals surface area contributed by atoms with Gasteiger partial charge in [0.2, 0.25) is 0 Å². The molecule has 0 bridgehead atoms. The average Bonchev–Trinajstić information content (AvgIpc) is 3.40. The molecule has 0 saturated heterocycles. The molecule has 3 aromatic rings. The molecule has 1 aromatic heterocycles. The number of nitrogens with zero attached hydrogens (tertiary/aromatic N) is 1. The van der Waals surface area contributed by atoms with Crippen LogP contribution in [-0.4, -0.2) is 42.0 Å². The summed E-state index contributed by atoms with van der Waals surface area (Å²) in [5.41, 5.74) is 2.61. The lowest BCUT2D eigenvalue weighted by atomic mass is 10.1. The van der Waals surface area contributed by atoms with Crippen LogP contribution >= 0.6 is 0 Å². The molecule has 1 unspecified atom stereocenters. The van der Waals surface area contributed by atoms with Crippen LogP contribution < -0.4 is 20.7 Å². The maximum atomic E-state index is 12.5. The summed E-state index contributed by atoms with van der Waals surface area (Å²) in [5, 5.41) is 17.2. The van der Waals surface area contributed by atoms with Gasteiger partial charge >= 0.3 is 12.1 Å². The van der Waals surface area contributed by atoms with Crippen LogP contribution in [0.1, 0.15) is 31.7 Å². The lowest BCUT2D eigenvalue weighted by Crippen LogP contribution is -2.28. The summed E-state index contributed by atoms with van der Waals surface area (Å²) in [6, 6.07) is 11.9. The Morgan fingerprint density at radius 3 is 2.63 bits per heavy atom. The molecule has 0 saturated carbocycles. The fraction of sp³-hybridized carbons (Fsp3) is 0.320. The topological polar surface area (TPSA) is 135 Å². The minimum absolute atomic E-state index is 0.0658. The molecule has 0 aliphatic heterocycles. The van der Waals surface area contributed by atoms with Crippen molar-refractivity contribution >= 4 is 23.5 Å². The smallest absolute Gasteiger partial charge is 0.407 e. The first-order valence-electron chi connectivity index (χ1n) is 11.3. The quantitative estimate of drug-likeness (QED) is 0.309. The Morgan fingerprint density at radius 1 is 1.14 bits per heavy atom. The first kappa shape index (κ1) is 25.6. The van der Waals surface area contributed by atoms with E-state index in [4.69, 9.17) is 19.0 Å². The maximum absolute atomic E-state index is 12.5. The van der Waals surface area contributed by atoms with Gasteiger partial charge in [0, 0.05) is 30.6 Å². The van der Waals surface area contributed by atoms with Crippen molar-refractivity contribution in [2.75, 3.05) is 24.4 Å². The van der Waals surface area contributed by atoms with Crippen molar-refractivity contribution in [2.24, 2.45) is 0 Å². The van der Waals surface area contributed by atoms with Crippen molar-refractivity contribution in [2.45, 2.75) is 38.8 Å². The Bertz CT molecular complexity index is 1100. The molecule has 1 atom stereocenters. The number of aromatic nitrogens is 1. The number of hydrogen-bond donors (Lipinski definition) is 4. The second kappa shape index (κ2) is 13.0. The molecule has 186 valence electrons. The first-order valence-corrected chi connectivity index (χ1v) is 11.3. The minimum atomic E-state index is -0.520. The Labute approximate surface area is 203 Å². The van der Waals surface area contributed by atoms with E-state index in [2.05, 4.69) is 20.9 Å². The predicted octanol–water partition coefficient (Wildman–Crippen LogP) is 4.77. The first-order chi connectivity index (χ1) is 17.0. The number of oxazole rings is 1. The molecule has 4 N–H and O–H groups in total. The van der Waals surface area contributed by atoms with Gasteiger partial charge in [0.25, 0.3) is 0 Å². The average molecular weight is 483 g/mol. The number of methoxy groups -OCH3 is 1. The van der Waals surface area contributed by atoms with Crippen LogP contribution in [0.25, 0.3) is 11.3 Å². The number of anilines is 2. The molecule has 0 spiro atoms. The molecule has 0 aliphatic rings. The fourth-order valence-electron chi connectivity index (χ4n) is 3.41. The summed E-state index contributed by atoms with van der Waals surface area (Å²) in [6.07, 6.45) is 4.04. The molecule has 3 rings (SSSR count). The molecule has 0 radical (unpaired) electrons. The van der Waals surface area contributed by atoms with Gasteiger partial charge in [-0.15, -0.1) is 0 Å². The van der Waals surface area contributed by atoms with Crippen molar-refractivity contribution in [3.63, 3.8) is 0 Å². The number of aliphatic hydroxyl groups excluding tert-OH is 1. The molecule has 10 heteroatoms. The maximum Gasteiger partial charge on any atom is 0.407 e. The van der Waals surface area contributed by atoms with E-state index in [-0.39, 0.29) is 19.3 Å². The van der Waals surface area contributed by atoms with Gasteiger partial charge in [0.05, 0.1) is 18.9 Å². The van der Waals surface area contributed by atoms with Crippen LogP contribution in [0.2, 0.25) is 0 Å². The van der Waals surface area contributed by atoms with Crippen LogP contribution in [0.3, 0.4) is 0 Å². The van der Waals surface area contributed by atoms with Gasteiger partial charge in [-0.05, 0) is 49.1 Å². The van der Waals surface area contributed by atoms with Gasteiger partial charge in [-0.2, -0.15) is 0 Å². The number of carbonyl (C=O) groups excluding carboxylic acids is 2. The van der Waals surface area contributed by atoms with Gasteiger partial charge in [0.1, 0.15) is 11.9 Å². The van der Waals surface area contributed by atoms with Crippen molar-refractivity contribution < 1.29 is 28.6 Å². The molecule has 0 aliphatic carbocycles. The number of nitrogens with one attached hydrogen (secondary N) is 3. The van der Waals surface area contributed by atoms with E-state index in [0.717, 1.165) is 5.56 Å². The van der Waals surface area contributed by atoms with E-state index in [9.17, 15) is 9.59 Å². The van der Waals surface area contributed by atoms with Gasteiger partial charge in [-0.1, -0.05) is 19.1 Å². The van der Waals surface area contributed by atoms with Crippen LogP contribution in [0.4, 0.5) is 21.0 Å². The lowest BCUT2D eigenvalue weighted by molar-refractivity contribution is 0.0849. The number of aliphatic hydroxyl groups is 1. The van der Waals surface area contributed by atoms with E-state index in [1.165, 1.54) is 13.5 Å². The molecule has 3 amide bonds. The summed E-state index contributed by atoms with van der Waals surface area (Å²) in [4.78, 5) is 28.5. The van der Waals surface area contributed by atoms with E-state index in [1.54, 1.807) is 42.6 Å². The standard InChI is InChI=1S/C25H30N4O6/c1-3-20(8-5-11-30)35-25(32)27-14-17-6-4-7-18(12-17)28-24(31)29-19-9-10-21(22(13-19)33-2)23-15-26-16-34-23/h4,6-7,9-10,12-13,15-16,20,30H,3,5,8,11,14H2,1-2H3,(H,27,32)(H2,28,29,31). The molecule has 35 heavy (non-hydrogen) atoms. The molecular weight excluding hydrogens is 452 g/mol. The van der Waals surface area contributed by atoms with E-state index in [1.807, 2.05) is 13.0 Å². The summed E-state index contributed by atoms with van der Waals surface area (Å²) >= 11 is 0. The zero-order valence-electron chi connectivity index (χ0n) is 19.7. The molecule has 1 heterocycles. The summed E-state index contributed by atoms with van der Waals surface area (Å²) in [5.74, 6) is 1.09. The predicted molar refractivity (Wildman–Crippen MR) is 131 cm³/mol. The zero-order chi connectivity index (χ0) is 25.0. The Kier molecular flexibility index (Phi) is 9.49. The lowest BCUT2D eigenvalue weighted by Gasteiger charge is -2.16. The SMILES string of the molecule is CCC(CCCO)OC(=O)NCc1cccc(NC(=O)Nc2ccc(-c3cnco3)c(OC)c2)c1. The van der Waals surface area contributed by atoms with Crippen molar-refractivity contribution in [3.05, 3.63) is 60.6 Å². The van der Waals surface area contributed by atoms with Crippen molar-refractivity contribution in [3.8, 4) is 17.1 Å². The third-order valence-corrected chi connectivity index (χ3v) is 5.19. The Balaban J connectivity index is 1.53. The van der Waals surface area contributed by atoms with E-state index in [0.29, 0.717) is 47.7 Å². The van der Waals surface area contributed by atoms with E-state index < -0.39 is 12.1 Å². The summed E-state index contributed by atoms with van der Waals surface area (Å²) in [7, 11) is 1.53. The second-order valence-electron chi connectivity index (χ2n) is 7.72. The van der Waals surface area contributed by atoms with Crippen molar-refractivity contribution in [1.82, 2.24) is 10.3 Å². The van der Waals surface area contributed by atoms with Crippen LogP contribution in [0, 0.1) is 0 Å².